The first-order chi connectivity index (χ1) is 7.22. The minimum Gasteiger partial charge on any atom is -0.348 e. The van der Waals surface area contributed by atoms with Gasteiger partial charge in [-0.2, -0.15) is 0 Å². The van der Waals surface area contributed by atoms with Crippen molar-refractivity contribution in [3.63, 3.8) is 0 Å². The van der Waals surface area contributed by atoms with E-state index in [-0.39, 0.29) is 11.8 Å². The van der Waals surface area contributed by atoms with Crippen LogP contribution in [0.4, 0.5) is 0 Å². The second-order valence-electron chi connectivity index (χ2n) is 3.79. The molecule has 1 unspecified atom stereocenters. The van der Waals surface area contributed by atoms with Gasteiger partial charge in [-0.15, -0.1) is 0 Å². The third-order valence-electron chi connectivity index (χ3n) is 2.92. The lowest BCUT2D eigenvalue weighted by Gasteiger charge is -2.24. The number of fused-ring (bicyclic) bond motifs is 1. The summed E-state index contributed by atoms with van der Waals surface area (Å²) in [7, 11) is 3.14. The minimum atomic E-state index is 0.00532. The van der Waals surface area contributed by atoms with Gasteiger partial charge in [-0.1, -0.05) is 0 Å². The summed E-state index contributed by atoms with van der Waals surface area (Å²) in [5, 5.41) is 1.29. The van der Waals surface area contributed by atoms with Gasteiger partial charge >= 0.3 is 0 Å². The number of hydroxylamine groups is 2. The van der Waals surface area contributed by atoms with Crippen molar-refractivity contribution in [1.29, 1.82) is 0 Å². The molecule has 5 heteroatoms. The van der Waals surface area contributed by atoms with Gasteiger partial charge in [-0.3, -0.25) is 9.63 Å². The molecule has 0 bridgehead atoms. The van der Waals surface area contributed by atoms with Gasteiger partial charge in [0.2, 0.25) is 5.91 Å². The van der Waals surface area contributed by atoms with Gasteiger partial charge in [0.1, 0.15) is 0 Å². The molecule has 0 saturated heterocycles. The number of nitrogens with zero attached hydrogens (tertiary/aromatic N) is 2. The number of nitrogens with one attached hydrogen (secondary N) is 1. The first-order valence-electron chi connectivity index (χ1n) is 5.05. The number of carbonyl (C=O) groups is 1. The Morgan fingerprint density at radius 2 is 2.53 bits per heavy atom. The molecule has 1 aromatic rings. The van der Waals surface area contributed by atoms with Crippen LogP contribution in [0, 0.1) is 5.92 Å². The Morgan fingerprint density at radius 1 is 1.73 bits per heavy atom. The van der Waals surface area contributed by atoms with Crippen molar-refractivity contribution in [3.8, 4) is 0 Å². The maximum atomic E-state index is 11.8. The Hall–Kier alpha value is -1.36. The smallest absolute Gasteiger partial charge is 0.249 e. The zero-order valence-electron chi connectivity index (χ0n) is 8.99. The quantitative estimate of drug-likeness (QED) is 0.723. The standard InChI is InChI=1S/C10H15N3O2/c1-13(15-2)10(14)7-3-4-8-9(5-7)12-6-11-8/h6-7H,3-5H2,1-2H3,(H,11,12). The van der Waals surface area contributed by atoms with Crippen LogP contribution in [-0.4, -0.2) is 35.1 Å². The monoisotopic (exact) mass is 209 g/mol. The molecule has 0 spiro atoms. The van der Waals surface area contributed by atoms with Crippen LogP contribution >= 0.6 is 0 Å². The van der Waals surface area contributed by atoms with E-state index >= 15 is 0 Å². The van der Waals surface area contributed by atoms with E-state index in [0.29, 0.717) is 6.42 Å². The highest BCUT2D eigenvalue weighted by Gasteiger charge is 2.28. The topological polar surface area (TPSA) is 58.2 Å². The van der Waals surface area contributed by atoms with Crippen LogP contribution in [0.5, 0.6) is 0 Å². The van der Waals surface area contributed by atoms with Crippen molar-refractivity contribution < 1.29 is 9.63 Å². The predicted octanol–water partition coefficient (Wildman–Crippen LogP) is 0.534. The highest BCUT2D eigenvalue weighted by molar-refractivity contribution is 5.78. The summed E-state index contributed by atoms with van der Waals surface area (Å²) < 4.78 is 0. The number of carbonyl (C=O) groups excluding carboxylic acids is 1. The molecule has 2 rings (SSSR count). The van der Waals surface area contributed by atoms with E-state index in [2.05, 4.69) is 9.97 Å². The number of hydrogen-bond acceptors (Lipinski definition) is 3. The molecule has 1 aliphatic rings. The first-order valence-corrected chi connectivity index (χ1v) is 5.05. The number of imidazole rings is 1. The van der Waals surface area contributed by atoms with Crippen molar-refractivity contribution in [2.24, 2.45) is 5.92 Å². The molecule has 1 N–H and O–H groups in total. The van der Waals surface area contributed by atoms with E-state index < -0.39 is 0 Å². The van der Waals surface area contributed by atoms with Crippen molar-refractivity contribution in [3.05, 3.63) is 17.7 Å². The molecule has 1 atom stereocenters. The zero-order chi connectivity index (χ0) is 10.8. The fraction of sp³-hybridized carbons (Fsp3) is 0.600. The molecule has 1 amide bonds. The van der Waals surface area contributed by atoms with Crippen LogP contribution in [0.15, 0.2) is 6.33 Å². The second-order valence-corrected chi connectivity index (χ2v) is 3.79. The molecule has 0 fully saturated rings. The lowest BCUT2D eigenvalue weighted by atomic mass is 9.89. The fourth-order valence-electron chi connectivity index (χ4n) is 1.95. The number of aromatic amines is 1. The van der Waals surface area contributed by atoms with Gasteiger partial charge in [0.05, 0.1) is 19.1 Å². The van der Waals surface area contributed by atoms with Gasteiger partial charge in [0.15, 0.2) is 0 Å². The normalized spacial score (nSPS) is 19.7. The van der Waals surface area contributed by atoms with E-state index in [1.165, 1.54) is 17.9 Å². The second kappa shape index (κ2) is 4.02. The third-order valence-corrected chi connectivity index (χ3v) is 2.92. The molecular formula is C10H15N3O2. The molecular weight excluding hydrogens is 194 g/mol. The molecule has 1 heterocycles. The lowest BCUT2D eigenvalue weighted by Crippen LogP contribution is -2.35. The largest absolute Gasteiger partial charge is 0.348 e. The van der Waals surface area contributed by atoms with E-state index in [9.17, 15) is 4.79 Å². The molecule has 82 valence electrons. The number of amides is 1. The average Bonchev–Trinajstić information content (AvgIpc) is 2.73. The van der Waals surface area contributed by atoms with Gasteiger partial charge < -0.3 is 4.98 Å². The van der Waals surface area contributed by atoms with E-state index in [4.69, 9.17) is 4.84 Å². The molecule has 5 nitrogen and oxygen atoms in total. The number of aromatic nitrogens is 2. The highest BCUT2D eigenvalue weighted by Crippen LogP contribution is 2.24. The number of rotatable bonds is 2. The average molecular weight is 209 g/mol. The summed E-state index contributed by atoms with van der Waals surface area (Å²) in [6.45, 7) is 0. The van der Waals surface area contributed by atoms with Crippen molar-refractivity contribution in [1.82, 2.24) is 15.0 Å². The van der Waals surface area contributed by atoms with Gasteiger partial charge in [-0.25, -0.2) is 10.0 Å². The predicted molar refractivity (Wildman–Crippen MR) is 53.9 cm³/mol. The van der Waals surface area contributed by atoms with Gasteiger partial charge in [-0.05, 0) is 12.8 Å². The molecule has 15 heavy (non-hydrogen) atoms. The lowest BCUT2D eigenvalue weighted by molar-refractivity contribution is -0.173. The molecule has 0 radical (unpaired) electrons. The summed E-state index contributed by atoms with van der Waals surface area (Å²) in [6.07, 6.45) is 4.16. The van der Waals surface area contributed by atoms with Gasteiger partial charge in [0, 0.05) is 25.1 Å². The van der Waals surface area contributed by atoms with E-state index in [1.807, 2.05) is 0 Å². The maximum absolute atomic E-state index is 11.8. The van der Waals surface area contributed by atoms with Crippen molar-refractivity contribution in [2.75, 3.05) is 14.2 Å². The number of H-pyrrole nitrogens is 1. The van der Waals surface area contributed by atoms with Gasteiger partial charge in [0.25, 0.3) is 0 Å². The Morgan fingerprint density at radius 3 is 3.27 bits per heavy atom. The molecule has 0 saturated carbocycles. The Bertz CT molecular complexity index is 361. The third kappa shape index (κ3) is 1.87. The van der Waals surface area contributed by atoms with Crippen LogP contribution in [0.3, 0.4) is 0 Å². The number of hydrogen-bond donors (Lipinski definition) is 1. The van der Waals surface area contributed by atoms with Crippen LogP contribution in [-0.2, 0) is 22.5 Å². The zero-order valence-corrected chi connectivity index (χ0v) is 8.99. The number of aryl methyl sites for hydroxylation is 1. The molecule has 1 aliphatic carbocycles. The van der Waals surface area contributed by atoms with Crippen LogP contribution in [0.2, 0.25) is 0 Å². The van der Waals surface area contributed by atoms with Crippen molar-refractivity contribution in [2.45, 2.75) is 19.3 Å². The summed E-state index contributed by atoms with van der Waals surface area (Å²) >= 11 is 0. The first kappa shape index (κ1) is 10.2. The maximum Gasteiger partial charge on any atom is 0.249 e. The van der Waals surface area contributed by atoms with Crippen LogP contribution in [0.1, 0.15) is 17.8 Å². The fourth-order valence-corrected chi connectivity index (χ4v) is 1.95. The molecule has 0 aromatic carbocycles. The van der Waals surface area contributed by atoms with E-state index in [1.54, 1.807) is 13.4 Å². The molecule has 1 aromatic heterocycles. The summed E-state index contributed by atoms with van der Waals surface area (Å²) in [5.74, 6) is 0.0388. The van der Waals surface area contributed by atoms with E-state index in [0.717, 1.165) is 18.5 Å². The SMILES string of the molecule is CON(C)C(=O)C1CCc2[nH]cnc2C1. The highest BCUT2D eigenvalue weighted by atomic mass is 16.7. The van der Waals surface area contributed by atoms with Crippen molar-refractivity contribution >= 4 is 5.91 Å². The van der Waals surface area contributed by atoms with Crippen LogP contribution < -0.4 is 0 Å². The Balaban J connectivity index is 2.06. The summed E-state index contributed by atoms with van der Waals surface area (Å²) in [6, 6.07) is 0. The Kier molecular flexibility index (Phi) is 2.73. The Labute approximate surface area is 88.4 Å². The van der Waals surface area contributed by atoms with Crippen LogP contribution in [0.25, 0.3) is 0 Å². The minimum absolute atomic E-state index is 0.00532. The molecule has 0 aliphatic heterocycles. The summed E-state index contributed by atoms with van der Waals surface area (Å²) in [4.78, 5) is 24.0. The summed E-state index contributed by atoms with van der Waals surface area (Å²) in [5.41, 5.74) is 2.18.